The Morgan fingerprint density at radius 1 is 1.05 bits per heavy atom. The molecule has 6 heteroatoms. The molecule has 4 nitrogen and oxygen atoms in total. The van der Waals surface area contributed by atoms with Gasteiger partial charge in [-0.2, -0.15) is 9.78 Å². The van der Waals surface area contributed by atoms with Crippen LogP contribution in [-0.2, 0) is 6.42 Å². The average Bonchev–Trinajstić information content (AvgIpc) is 2.35. The van der Waals surface area contributed by atoms with Crippen molar-refractivity contribution in [2.24, 2.45) is 5.41 Å². The first-order chi connectivity index (χ1) is 10.2. The molecule has 0 fully saturated rings. The van der Waals surface area contributed by atoms with E-state index in [0.717, 1.165) is 16.8 Å². The maximum atomic E-state index is 13.3. The van der Waals surface area contributed by atoms with E-state index < -0.39 is 17.2 Å². The van der Waals surface area contributed by atoms with Crippen LogP contribution in [0, 0.1) is 17.0 Å². The van der Waals surface area contributed by atoms with Crippen LogP contribution in [0.1, 0.15) is 36.3 Å². The van der Waals surface area contributed by atoms with Crippen LogP contribution >= 0.6 is 0 Å². The van der Waals surface area contributed by atoms with Crippen LogP contribution in [0.2, 0.25) is 0 Å². The van der Waals surface area contributed by atoms with Gasteiger partial charge in [-0.3, -0.25) is 9.59 Å². The zero-order valence-corrected chi connectivity index (χ0v) is 12.2. The van der Waals surface area contributed by atoms with Crippen LogP contribution in [0.3, 0.4) is 0 Å². The maximum absolute atomic E-state index is 13.3. The summed E-state index contributed by atoms with van der Waals surface area (Å²) in [6.07, 6.45) is 0.886. The number of hydrogen-bond donors (Lipinski definition) is 0. The standard InChI is InChI=1S/C16H14F2N2O2/c1-16(2)7-9-3-14(22)20(19-15(9)13(21)8-16)12-5-10(17)4-11(18)6-12/h3-6H,7-8H2,1-2H3. The van der Waals surface area contributed by atoms with Crippen molar-refractivity contribution in [1.82, 2.24) is 9.78 Å². The molecule has 114 valence electrons. The highest BCUT2D eigenvalue weighted by atomic mass is 19.1. The molecular weight excluding hydrogens is 290 g/mol. The summed E-state index contributed by atoms with van der Waals surface area (Å²) in [7, 11) is 0. The number of hydrogen-bond acceptors (Lipinski definition) is 3. The summed E-state index contributed by atoms with van der Waals surface area (Å²) < 4.78 is 27.5. The summed E-state index contributed by atoms with van der Waals surface area (Å²) in [5.74, 6) is -1.79. The summed E-state index contributed by atoms with van der Waals surface area (Å²) in [6, 6.07) is 4.03. The predicted octanol–water partition coefficient (Wildman–Crippen LogP) is 2.67. The molecule has 0 aliphatic heterocycles. The number of ketones is 1. The molecular formula is C16H14F2N2O2. The number of rotatable bonds is 1. The molecule has 1 aliphatic carbocycles. The summed E-state index contributed by atoms with van der Waals surface area (Å²) >= 11 is 0. The molecule has 0 saturated heterocycles. The van der Waals surface area contributed by atoms with Crippen LogP contribution in [0.5, 0.6) is 0 Å². The van der Waals surface area contributed by atoms with Gasteiger partial charge < -0.3 is 0 Å². The van der Waals surface area contributed by atoms with Crippen molar-refractivity contribution < 1.29 is 13.6 Å². The highest BCUT2D eigenvalue weighted by Gasteiger charge is 2.32. The molecule has 1 aromatic carbocycles. The van der Waals surface area contributed by atoms with E-state index in [1.807, 2.05) is 13.8 Å². The van der Waals surface area contributed by atoms with Gasteiger partial charge in [0.15, 0.2) is 5.78 Å². The third-order valence-electron chi connectivity index (χ3n) is 3.67. The van der Waals surface area contributed by atoms with Crippen molar-refractivity contribution in [2.45, 2.75) is 26.7 Å². The van der Waals surface area contributed by atoms with Crippen molar-refractivity contribution in [3.8, 4) is 5.69 Å². The van der Waals surface area contributed by atoms with E-state index in [-0.39, 0.29) is 22.6 Å². The first-order valence-electron chi connectivity index (χ1n) is 6.88. The highest BCUT2D eigenvalue weighted by Crippen LogP contribution is 2.33. The van der Waals surface area contributed by atoms with Gasteiger partial charge >= 0.3 is 0 Å². The molecule has 0 amide bonds. The minimum Gasteiger partial charge on any atom is -0.292 e. The normalized spacial score (nSPS) is 16.5. The molecule has 1 heterocycles. The molecule has 0 atom stereocenters. The zero-order chi connectivity index (χ0) is 16.1. The SMILES string of the molecule is CC1(C)CC(=O)c2nn(-c3cc(F)cc(F)c3)c(=O)cc2C1. The minimum atomic E-state index is -0.811. The summed E-state index contributed by atoms with van der Waals surface area (Å²) in [5, 5.41) is 4.03. The molecule has 22 heavy (non-hydrogen) atoms. The molecule has 0 bridgehead atoms. The van der Waals surface area contributed by atoms with Gasteiger partial charge in [-0.25, -0.2) is 8.78 Å². The smallest absolute Gasteiger partial charge is 0.271 e. The number of nitrogens with zero attached hydrogens (tertiary/aromatic N) is 2. The lowest BCUT2D eigenvalue weighted by Crippen LogP contribution is -2.33. The Kier molecular flexibility index (Phi) is 3.20. The number of halogens is 2. The van der Waals surface area contributed by atoms with Crippen LogP contribution in [0.4, 0.5) is 8.78 Å². The van der Waals surface area contributed by atoms with E-state index in [2.05, 4.69) is 5.10 Å². The number of fused-ring (bicyclic) bond motifs is 1. The third-order valence-corrected chi connectivity index (χ3v) is 3.67. The van der Waals surface area contributed by atoms with Gasteiger partial charge in [-0.1, -0.05) is 13.8 Å². The first kappa shape index (κ1) is 14.6. The topological polar surface area (TPSA) is 52.0 Å². The second kappa shape index (κ2) is 4.83. The fourth-order valence-corrected chi connectivity index (χ4v) is 2.80. The molecule has 1 aliphatic rings. The Bertz CT molecular complexity index is 820. The molecule has 2 aromatic rings. The lowest BCUT2D eigenvalue weighted by Gasteiger charge is -2.29. The number of benzene rings is 1. The van der Waals surface area contributed by atoms with Crippen molar-refractivity contribution in [3.63, 3.8) is 0 Å². The van der Waals surface area contributed by atoms with Crippen molar-refractivity contribution in [2.75, 3.05) is 0 Å². The largest absolute Gasteiger partial charge is 0.292 e. The average molecular weight is 304 g/mol. The van der Waals surface area contributed by atoms with E-state index in [1.54, 1.807) is 0 Å². The zero-order valence-electron chi connectivity index (χ0n) is 12.2. The van der Waals surface area contributed by atoms with Gasteiger partial charge in [0, 0.05) is 18.6 Å². The predicted molar refractivity (Wildman–Crippen MR) is 76.2 cm³/mol. The van der Waals surface area contributed by atoms with Gasteiger partial charge in [0.25, 0.3) is 5.56 Å². The molecule has 0 spiro atoms. The van der Waals surface area contributed by atoms with E-state index in [1.165, 1.54) is 6.07 Å². The van der Waals surface area contributed by atoms with Gasteiger partial charge in [-0.05, 0) is 29.5 Å². The van der Waals surface area contributed by atoms with Gasteiger partial charge in [-0.15, -0.1) is 0 Å². The fourth-order valence-electron chi connectivity index (χ4n) is 2.80. The molecule has 3 rings (SSSR count). The van der Waals surface area contributed by atoms with E-state index in [4.69, 9.17) is 0 Å². The minimum absolute atomic E-state index is 0.0390. The molecule has 0 radical (unpaired) electrons. The molecule has 0 saturated carbocycles. The van der Waals surface area contributed by atoms with Gasteiger partial charge in [0.05, 0.1) is 5.69 Å². The highest BCUT2D eigenvalue weighted by molar-refractivity contribution is 5.97. The van der Waals surface area contributed by atoms with Crippen LogP contribution in [0.15, 0.2) is 29.1 Å². The van der Waals surface area contributed by atoms with Crippen molar-refractivity contribution >= 4 is 5.78 Å². The lowest BCUT2D eigenvalue weighted by atomic mass is 9.75. The van der Waals surface area contributed by atoms with Crippen LogP contribution in [-0.4, -0.2) is 15.6 Å². The summed E-state index contributed by atoms with van der Waals surface area (Å²) in [4.78, 5) is 24.4. The van der Waals surface area contributed by atoms with Gasteiger partial charge in [0.1, 0.15) is 17.3 Å². The number of carbonyl (C=O) groups excluding carboxylic acids is 1. The fraction of sp³-hybridized carbons (Fsp3) is 0.312. The second-order valence-electron chi connectivity index (χ2n) is 6.34. The quantitative estimate of drug-likeness (QED) is 0.814. The maximum Gasteiger partial charge on any atom is 0.271 e. The molecule has 1 aromatic heterocycles. The van der Waals surface area contributed by atoms with E-state index >= 15 is 0 Å². The number of Topliss-reactive ketones (excluding diaryl/α,β-unsaturated/α-hetero) is 1. The Hall–Kier alpha value is -2.37. The lowest BCUT2D eigenvalue weighted by molar-refractivity contribution is 0.0903. The van der Waals surface area contributed by atoms with Crippen LogP contribution < -0.4 is 5.56 Å². The van der Waals surface area contributed by atoms with Crippen LogP contribution in [0.25, 0.3) is 5.69 Å². The first-order valence-corrected chi connectivity index (χ1v) is 6.88. The molecule has 0 unspecified atom stereocenters. The van der Waals surface area contributed by atoms with Crippen molar-refractivity contribution in [1.29, 1.82) is 0 Å². The Balaban J connectivity index is 2.18. The second-order valence-corrected chi connectivity index (χ2v) is 6.34. The number of aromatic nitrogens is 2. The third kappa shape index (κ3) is 2.56. The van der Waals surface area contributed by atoms with Crippen molar-refractivity contribution in [3.05, 3.63) is 57.5 Å². The van der Waals surface area contributed by atoms with E-state index in [9.17, 15) is 18.4 Å². The number of carbonyl (C=O) groups is 1. The monoisotopic (exact) mass is 304 g/mol. The Morgan fingerprint density at radius 2 is 1.68 bits per heavy atom. The van der Waals surface area contributed by atoms with E-state index in [0.29, 0.717) is 24.5 Å². The molecule has 0 N–H and O–H groups in total. The Labute approximate surface area is 125 Å². The Morgan fingerprint density at radius 3 is 2.32 bits per heavy atom. The summed E-state index contributed by atoms with van der Waals surface area (Å²) in [6.45, 7) is 3.89. The summed E-state index contributed by atoms with van der Waals surface area (Å²) in [5.41, 5.74) is -0.00447. The van der Waals surface area contributed by atoms with Gasteiger partial charge in [0.2, 0.25) is 0 Å².